The predicted molar refractivity (Wildman–Crippen MR) is 155 cm³/mol. The molecule has 6 aromatic rings. The maximum atomic E-state index is 3.50. The van der Waals surface area contributed by atoms with E-state index in [9.17, 15) is 0 Å². The standard InChI is InChI=1S/C17H18N2.C16H16N2/c1-19-16(11-15-9-5-6-10-17(15)19)13-18-12-14-7-3-2-4-8-14;1-2-6-13(7-3-1)11-17-12-15-10-14-8-4-5-9-16(14)18-15/h2-11,18H,12-13H2,1H3;1-10,17-18H,11-12H2. The zero-order chi connectivity index (χ0) is 25.3. The number of nitrogens with one attached hydrogen (secondary N) is 3. The lowest BCUT2D eigenvalue weighted by atomic mass is 10.2. The summed E-state index contributed by atoms with van der Waals surface area (Å²) in [7, 11) is 2.13. The molecule has 2 aromatic heterocycles. The number of benzene rings is 4. The Hall–Kier alpha value is -4.12. The first-order valence-corrected chi connectivity index (χ1v) is 12.9. The van der Waals surface area contributed by atoms with Crippen LogP contribution in [0.2, 0.25) is 0 Å². The van der Waals surface area contributed by atoms with Gasteiger partial charge in [-0.1, -0.05) is 97.1 Å². The van der Waals surface area contributed by atoms with Gasteiger partial charge in [-0.05, 0) is 46.2 Å². The quantitative estimate of drug-likeness (QED) is 0.218. The van der Waals surface area contributed by atoms with Crippen LogP contribution in [-0.2, 0) is 33.2 Å². The molecule has 0 atom stereocenters. The number of nitrogens with zero attached hydrogens (tertiary/aromatic N) is 1. The molecule has 186 valence electrons. The van der Waals surface area contributed by atoms with Gasteiger partial charge in [-0.3, -0.25) is 0 Å². The van der Waals surface area contributed by atoms with Gasteiger partial charge in [0, 0.05) is 55.6 Å². The fraction of sp³-hybridized carbons (Fsp3) is 0.152. The molecule has 4 nitrogen and oxygen atoms in total. The van der Waals surface area contributed by atoms with E-state index >= 15 is 0 Å². The third kappa shape index (κ3) is 6.56. The SMILES string of the molecule is Cn1c(CNCc2ccccc2)cc2ccccc21.c1ccc(CNCc2cc3ccccc3[nH]2)cc1. The van der Waals surface area contributed by atoms with Crippen LogP contribution in [0.5, 0.6) is 0 Å². The number of aromatic amines is 1. The highest BCUT2D eigenvalue weighted by molar-refractivity contribution is 5.81. The molecule has 4 heteroatoms. The van der Waals surface area contributed by atoms with Crippen molar-refractivity contribution in [2.24, 2.45) is 7.05 Å². The average molecular weight is 487 g/mol. The van der Waals surface area contributed by atoms with E-state index in [4.69, 9.17) is 0 Å². The van der Waals surface area contributed by atoms with Crippen molar-refractivity contribution < 1.29 is 0 Å². The first-order chi connectivity index (χ1) is 18.3. The van der Waals surface area contributed by atoms with E-state index in [2.05, 4.69) is 136 Å². The highest BCUT2D eigenvalue weighted by Gasteiger charge is 2.04. The summed E-state index contributed by atoms with van der Waals surface area (Å²) in [6, 6.07) is 42.3. The smallest absolute Gasteiger partial charge is 0.0480 e. The minimum absolute atomic E-state index is 0.865. The molecule has 0 bridgehead atoms. The number of hydrogen-bond acceptors (Lipinski definition) is 2. The summed E-state index contributed by atoms with van der Waals surface area (Å²) in [4.78, 5) is 3.42. The number of rotatable bonds is 8. The molecule has 0 aliphatic carbocycles. The Labute approximate surface area is 219 Å². The van der Waals surface area contributed by atoms with E-state index in [1.54, 1.807) is 0 Å². The Morgan fingerprint density at radius 3 is 1.78 bits per heavy atom. The Bertz CT molecular complexity index is 1500. The van der Waals surface area contributed by atoms with Gasteiger partial charge in [-0.25, -0.2) is 0 Å². The van der Waals surface area contributed by atoms with Crippen molar-refractivity contribution in [3.8, 4) is 0 Å². The van der Waals surface area contributed by atoms with Gasteiger partial charge in [0.15, 0.2) is 0 Å². The minimum Gasteiger partial charge on any atom is -0.357 e. The van der Waals surface area contributed by atoms with E-state index < -0.39 is 0 Å². The van der Waals surface area contributed by atoms with Crippen LogP contribution in [0.25, 0.3) is 21.8 Å². The van der Waals surface area contributed by atoms with Gasteiger partial charge in [0.2, 0.25) is 0 Å². The van der Waals surface area contributed by atoms with Gasteiger partial charge in [0.1, 0.15) is 0 Å². The van der Waals surface area contributed by atoms with Crippen molar-refractivity contribution in [1.82, 2.24) is 20.2 Å². The Balaban J connectivity index is 0.000000152. The molecule has 0 fully saturated rings. The second-order valence-electron chi connectivity index (χ2n) is 9.31. The molecule has 0 saturated carbocycles. The molecule has 0 unspecified atom stereocenters. The summed E-state index contributed by atoms with van der Waals surface area (Å²) in [5, 5.41) is 9.53. The maximum absolute atomic E-state index is 3.50. The van der Waals surface area contributed by atoms with Crippen LogP contribution in [-0.4, -0.2) is 9.55 Å². The van der Waals surface area contributed by atoms with Crippen LogP contribution >= 0.6 is 0 Å². The fourth-order valence-corrected chi connectivity index (χ4v) is 4.61. The first kappa shape index (κ1) is 24.6. The molecular formula is C33H34N4. The number of aryl methyl sites for hydroxylation is 1. The number of para-hydroxylation sites is 2. The van der Waals surface area contributed by atoms with Crippen LogP contribution in [0.4, 0.5) is 0 Å². The Kier molecular flexibility index (Phi) is 8.11. The lowest BCUT2D eigenvalue weighted by Gasteiger charge is -2.06. The van der Waals surface area contributed by atoms with Crippen LogP contribution in [0, 0.1) is 0 Å². The summed E-state index contributed by atoms with van der Waals surface area (Å²) >= 11 is 0. The maximum Gasteiger partial charge on any atom is 0.0480 e. The molecule has 3 N–H and O–H groups in total. The summed E-state index contributed by atoms with van der Waals surface area (Å²) in [6.07, 6.45) is 0. The average Bonchev–Trinajstić information content (AvgIpc) is 3.51. The monoisotopic (exact) mass is 486 g/mol. The molecule has 37 heavy (non-hydrogen) atoms. The highest BCUT2D eigenvalue weighted by Crippen LogP contribution is 2.18. The van der Waals surface area contributed by atoms with Crippen molar-refractivity contribution in [2.75, 3.05) is 0 Å². The topological polar surface area (TPSA) is 44.8 Å². The third-order valence-corrected chi connectivity index (χ3v) is 6.60. The van der Waals surface area contributed by atoms with Crippen molar-refractivity contribution in [2.45, 2.75) is 26.2 Å². The molecule has 4 aromatic carbocycles. The fourth-order valence-electron chi connectivity index (χ4n) is 4.61. The molecule has 2 heterocycles. The third-order valence-electron chi connectivity index (χ3n) is 6.60. The molecule has 0 aliphatic heterocycles. The van der Waals surface area contributed by atoms with Gasteiger partial charge in [0.05, 0.1) is 0 Å². The van der Waals surface area contributed by atoms with E-state index in [1.165, 1.54) is 44.3 Å². The number of H-pyrrole nitrogens is 1. The molecule has 0 amide bonds. The number of hydrogen-bond donors (Lipinski definition) is 3. The lowest BCUT2D eigenvalue weighted by Crippen LogP contribution is -2.14. The molecule has 0 spiro atoms. The second kappa shape index (κ2) is 12.2. The van der Waals surface area contributed by atoms with E-state index in [0.29, 0.717) is 0 Å². The summed E-state index contributed by atoms with van der Waals surface area (Å²) in [6.45, 7) is 3.56. The van der Waals surface area contributed by atoms with Crippen LogP contribution < -0.4 is 10.6 Å². The summed E-state index contributed by atoms with van der Waals surface area (Å²) in [5.74, 6) is 0. The summed E-state index contributed by atoms with van der Waals surface area (Å²) in [5.41, 5.74) is 7.67. The molecule has 0 radical (unpaired) electrons. The Morgan fingerprint density at radius 1 is 0.568 bits per heavy atom. The van der Waals surface area contributed by atoms with Gasteiger partial charge in [0.25, 0.3) is 0 Å². The second-order valence-corrected chi connectivity index (χ2v) is 9.31. The van der Waals surface area contributed by atoms with Gasteiger partial charge in [-0.15, -0.1) is 0 Å². The first-order valence-electron chi connectivity index (χ1n) is 12.9. The largest absolute Gasteiger partial charge is 0.357 e. The highest BCUT2D eigenvalue weighted by atomic mass is 15.0. The molecule has 6 rings (SSSR count). The van der Waals surface area contributed by atoms with Crippen molar-refractivity contribution in [3.05, 3.63) is 144 Å². The molecule has 0 aliphatic rings. The molecule has 0 saturated heterocycles. The van der Waals surface area contributed by atoms with E-state index in [-0.39, 0.29) is 0 Å². The minimum atomic E-state index is 0.865. The van der Waals surface area contributed by atoms with Crippen molar-refractivity contribution in [3.63, 3.8) is 0 Å². The zero-order valence-electron chi connectivity index (χ0n) is 21.3. The summed E-state index contributed by atoms with van der Waals surface area (Å²) < 4.78 is 2.26. The zero-order valence-corrected chi connectivity index (χ0v) is 21.3. The van der Waals surface area contributed by atoms with Gasteiger partial charge in [-0.2, -0.15) is 0 Å². The van der Waals surface area contributed by atoms with Crippen molar-refractivity contribution >= 4 is 21.8 Å². The Morgan fingerprint density at radius 2 is 1.14 bits per heavy atom. The number of aromatic nitrogens is 2. The molecular weight excluding hydrogens is 452 g/mol. The van der Waals surface area contributed by atoms with Gasteiger partial charge >= 0.3 is 0 Å². The van der Waals surface area contributed by atoms with Crippen LogP contribution in [0.15, 0.2) is 121 Å². The lowest BCUT2D eigenvalue weighted by molar-refractivity contribution is 0.660. The number of fused-ring (bicyclic) bond motifs is 2. The van der Waals surface area contributed by atoms with Crippen LogP contribution in [0.1, 0.15) is 22.5 Å². The predicted octanol–water partition coefficient (Wildman–Crippen LogP) is 6.93. The van der Waals surface area contributed by atoms with Gasteiger partial charge < -0.3 is 20.2 Å². The van der Waals surface area contributed by atoms with E-state index in [1.807, 2.05) is 12.1 Å². The van der Waals surface area contributed by atoms with E-state index in [0.717, 1.165) is 26.2 Å². The van der Waals surface area contributed by atoms with Crippen molar-refractivity contribution in [1.29, 1.82) is 0 Å². The van der Waals surface area contributed by atoms with Crippen LogP contribution in [0.3, 0.4) is 0 Å². The normalized spacial score (nSPS) is 10.9.